The Hall–Kier alpha value is -3.22. The number of aromatic nitrogens is 2. The molecule has 128 valence electrons. The third-order valence-corrected chi connectivity index (χ3v) is 3.46. The molecule has 0 aliphatic carbocycles. The number of nitrogen functional groups attached to an aromatic ring is 1. The van der Waals surface area contributed by atoms with Crippen molar-refractivity contribution in [2.45, 2.75) is 13.5 Å². The maximum absolute atomic E-state index is 13.5. The molecular formula is C18H16F2N4O. The number of aryl methyl sites for hydroxylation is 1. The lowest BCUT2D eigenvalue weighted by Gasteiger charge is -2.07. The minimum Gasteiger partial charge on any atom is -0.486 e. The Balaban J connectivity index is 1.64. The lowest BCUT2D eigenvalue weighted by molar-refractivity contribution is 0.284. The first-order valence-electron chi connectivity index (χ1n) is 7.54. The predicted octanol–water partition coefficient (Wildman–Crippen LogP) is 3.51. The quantitative estimate of drug-likeness (QED) is 0.722. The van der Waals surface area contributed by atoms with Gasteiger partial charge in [-0.15, -0.1) is 0 Å². The van der Waals surface area contributed by atoms with Crippen LogP contribution in [0.15, 0.2) is 53.8 Å². The predicted molar refractivity (Wildman–Crippen MR) is 91.5 cm³/mol. The largest absolute Gasteiger partial charge is 0.486 e. The van der Waals surface area contributed by atoms with E-state index in [2.05, 4.69) is 10.1 Å². The van der Waals surface area contributed by atoms with E-state index < -0.39 is 11.6 Å². The molecular weight excluding hydrogens is 326 g/mol. The molecule has 0 radical (unpaired) electrons. The van der Waals surface area contributed by atoms with Gasteiger partial charge in [0.15, 0.2) is 11.6 Å². The van der Waals surface area contributed by atoms with Crippen LogP contribution in [0, 0.1) is 18.6 Å². The minimum atomic E-state index is -0.987. The Labute approximate surface area is 143 Å². The van der Waals surface area contributed by atoms with Crippen molar-refractivity contribution < 1.29 is 13.5 Å². The molecule has 0 saturated heterocycles. The molecule has 25 heavy (non-hydrogen) atoms. The highest BCUT2D eigenvalue weighted by Crippen LogP contribution is 2.20. The summed E-state index contributed by atoms with van der Waals surface area (Å²) in [6, 6.07) is 11.1. The molecule has 2 aromatic carbocycles. The van der Waals surface area contributed by atoms with Crippen molar-refractivity contribution in [2.24, 2.45) is 5.10 Å². The highest BCUT2D eigenvalue weighted by Gasteiger charge is 2.08. The third kappa shape index (κ3) is 4.00. The van der Waals surface area contributed by atoms with Crippen LogP contribution in [-0.2, 0) is 6.61 Å². The molecule has 1 aromatic heterocycles. The zero-order valence-electron chi connectivity index (χ0n) is 13.5. The number of nitrogens with zero attached hydrogens (tertiary/aromatic N) is 3. The van der Waals surface area contributed by atoms with E-state index in [0.29, 0.717) is 5.95 Å². The fourth-order valence-corrected chi connectivity index (χ4v) is 2.18. The number of anilines is 1. The van der Waals surface area contributed by atoms with Crippen LogP contribution in [0.4, 0.5) is 14.7 Å². The van der Waals surface area contributed by atoms with Gasteiger partial charge >= 0.3 is 0 Å². The van der Waals surface area contributed by atoms with Gasteiger partial charge in [0.25, 0.3) is 0 Å². The summed E-state index contributed by atoms with van der Waals surface area (Å²) in [4.78, 5) is 4.06. The zero-order chi connectivity index (χ0) is 17.8. The van der Waals surface area contributed by atoms with Gasteiger partial charge in [-0.25, -0.2) is 14.1 Å². The Bertz CT molecular complexity index is 904. The second-order valence-electron chi connectivity index (χ2n) is 5.41. The highest BCUT2D eigenvalue weighted by atomic mass is 19.2. The molecule has 0 atom stereocenters. The van der Waals surface area contributed by atoms with Gasteiger partial charge in [-0.05, 0) is 30.2 Å². The Morgan fingerprint density at radius 2 is 1.96 bits per heavy atom. The Morgan fingerprint density at radius 3 is 2.64 bits per heavy atom. The topological polar surface area (TPSA) is 65.4 Å². The summed E-state index contributed by atoms with van der Waals surface area (Å²) < 4.78 is 33.5. The summed E-state index contributed by atoms with van der Waals surface area (Å²) in [6.45, 7) is 1.96. The van der Waals surface area contributed by atoms with Crippen LogP contribution in [-0.4, -0.2) is 15.9 Å². The molecule has 0 unspecified atom stereocenters. The first-order valence-corrected chi connectivity index (χ1v) is 7.54. The van der Waals surface area contributed by atoms with Gasteiger partial charge in [-0.1, -0.05) is 30.3 Å². The number of nitrogens with two attached hydrogens (primary N) is 1. The average molecular weight is 342 g/mol. The van der Waals surface area contributed by atoms with E-state index in [4.69, 9.17) is 10.5 Å². The normalized spacial score (nSPS) is 11.2. The molecule has 5 nitrogen and oxygen atoms in total. The number of hydrogen-bond acceptors (Lipinski definition) is 4. The maximum Gasteiger partial charge on any atom is 0.221 e. The maximum atomic E-state index is 13.5. The van der Waals surface area contributed by atoms with Crippen LogP contribution < -0.4 is 10.5 Å². The lowest BCUT2D eigenvalue weighted by atomic mass is 10.1. The van der Waals surface area contributed by atoms with Gasteiger partial charge < -0.3 is 10.5 Å². The van der Waals surface area contributed by atoms with Gasteiger partial charge in [0, 0.05) is 0 Å². The molecule has 0 amide bonds. The standard InChI is InChI=1S/C18H16F2N4O/c1-12-10-24(18(21)23-12)22-9-13-5-7-14(8-6-13)11-25-16-4-2-3-15(19)17(16)20/h2-10H,11H2,1H3,(H2,21,23). The van der Waals surface area contributed by atoms with E-state index in [-0.39, 0.29) is 12.4 Å². The average Bonchev–Trinajstić information content (AvgIpc) is 2.93. The Kier molecular flexibility index (Phi) is 4.74. The summed E-state index contributed by atoms with van der Waals surface area (Å²) in [5, 5.41) is 4.22. The van der Waals surface area contributed by atoms with Gasteiger partial charge in [0.05, 0.1) is 18.1 Å². The fraction of sp³-hybridized carbons (Fsp3) is 0.111. The molecule has 0 spiro atoms. The van der Waals surface area contributed by atoms with Crippen molar-refractivity contribution >= 4 is 12.2 Å². The molecule has 0 aliphatic heterocycles. The van der Waals surface area contributed by atoms with Crippen LogP contribution in [0.25, 0.3) is 0 Å². The smallest absolute Gasteiger partial charge is 0.221 e. The van der Waals surface area contributed by atoms with Gasteiger partial charge in [0.1, 0.15) is 6.61 Å². The molecule has 7 heteroatoms. The van der Waals surface area contributed by atoms with Crippen LogP contribution in [0.5, 0.6) is 5.75 Å². The molecule has 1 heterocycles. The summed E-state index contributed by atoms with van der Waals surface area (Å²) in [5.74, 6) is -1.72. The zero-order valence-corrected chi connectivity index (χ0v) is 13.5. The monoisotopic (exact) mass is 342 g/mol. The van der Waals surface area contributed by atoms with Crippen molar-refractivity contribution in [3.05, 3.63) is 77.1 Å². The highest BCUT2D eigenvalue weighted by molar-refractivity contribution is 5.79. The molecule has 3 rings (SSSR count). The van der Waals surface area contributed by atoms with Crippen molar-refractivity contribution in [1.82, 2.24) is 9.66 Å². The van der Waals surface area contributed by atoms with Crippen molar-refractivity contribution in [3.63, 3.8) is 0 Å². The SMILES string of the molecule is Cc1cn(N=Cc2ccc(COc3cccc(F)c3F)cc2)c(N)n1. The number of imidazole rings is 1. The summed E-state index contributed by atoms with van der Waals surface area (Å²) >= 11 is 0. The third-order valence-electron chi connectivity index (χ3n) is 3.46. The van der Waals surface area contributed by atoms with Crippen LogP contribution in [0.2, 0.25) is 0 Å². The van der Waals surface area contributed by atoms with Crippen LogP contribution in [0.1, 0.15) is 16.8 Å². The van der Waals surface area contributed by atoms with Crippen molar-refractivity contribution in [3.8, 4) is 5.75 Å². The van der Waals surface area contributed by atoms with Gasteiger partial charge in [-0.3, -0.25) is 0 Å². The minimum absolute atomic E-state index is 0.114. The molecule has 2 N–H and O–H groups in total. The van der Waals surface area contributed by atoms with E-state index in [1.807, 2.05) is 31.2 Å². The molecule has 0 fully saturated rings. The van der Waals surface area contributed by atoms with Gasteiger partial charge in [0.2, 0.25) is 11.8 Å². The molecule has 0 saturated carbocycles. The first kappa shape index (κ1) is 16.6. The van der Waals surface area contributed by atoms with E-state index in [0.717, 1.165) is 22.9 Å². The number of rotatable bonds is 5. The second kappa shape index (κ2) is 7.12. The molecule has 3 aromatic rings. The van der Waals surface area contributed by atoms with E-state index in [1.54, 1.807) is 12.4 Å². The number of benzene rings is 2. The second-order valence-corrected chi connectivity index (χ2v) is 5.41. The Morgan fingerprint density at radius 1 is 1.20 bits per heavy atom. The summed E-state index contributed by atoms with van der Waals surface area (Å²) in [6.07, 6.45) is 3.37. The molecule has 0 aliphatic rings. The number of ether oxygens (including phenoxy) is 1. The van der Waals surface area contributed by atoms with Crippen molar-refractivity contribution in [2.75, 3.05) is 5.73 Å². The summed E-state index contributed by atoms with van der Waals surface area (Å²) in [7, 11) is 0. The van der Waals surface area contributed by atoms with E-state index >= 15 is 0 Å². The first-order chi connectivity index (χ1) is 12.0. The van der Waals surface area contributed by atoms with E-state index in [1.165, 1.54) is 16.8 Å². The van der Waals surface area contributed by atoms with Crippen LogP contribution in [0.3, 0.4) is 0 Å². The summed E-state index contributed by atoms with van der Waals surface area (Å²) in [5.41, 5.74) is 8.17. The van der Waals surface area contributed by atoms with Gasteiger partial charge in [-0.2, -0.15) is 9.49 Å². The number of hydrogen-bond donors (Lipinski definition) is 1. The van der Waals surface area contributed by atoms with Crippen LogP contribution >= 0.6 is 0 Å². The lowest BCUT2D eigenvalue weighted by Crippen LogP contribution is -1.99. The number of halogens is 2. The fourth-order valence-electron chi connectivity index (χ4n) is 2.18. The van der Waals surface area contributed by atoms with Crippen molar-refractivity contribution in [1.29, 1.82) is 0 Å². The van der Waals surface area contributed by atoms with E-state index in [9.17, 15) is 8.78 Å². The molecule has 0 bridgehead atoms.